The first kappa shape index (κ1) is 8.02. The Morgan fingerprint density at radius 3 is 2.10 bits per heavy atom. The van der Waals surface area contributed by atoms with E-state index in [1.165, 1.54) is 4.88 Å². The third-order valence-electron chi connectivity index (χ3n) is 1.67. The third-order valence-corrected chi connectivity index (χ3v) is 4.85. The van der Waals surface area contributed by atoms with Crippen LogP contribution in [-0.2, 0) is 0 Å². The van der Waals surface area contributed by atoms with E-state index in [0.717, 1.165) is 0 Å². The van der Waals surface area contributed by atoms with Gasteiger partial charge in [0.25, 0.3) is 0 Å². The minimum absolute atomic E-state index is 1.02. The molecule has 1 heterocycles. The zero-order valence-electron chi connectivity index (χ0n) is 7.06. The molecule has 0 aliphatic carbocycles. The lowest BCUT2D eigenvalue weighted by Crippen LogP contribution is -2.37. The number of hydrogen-bond donors (Lipinski definition) is 0. The summed E-state index contributed by atoms with van der Waals surface area (Å²) < 4.78 is 0. The SMILES string of the molecule is Cc1sccc1[Si](C)(C)C. The summed E-state index contributed by atoms with van der Waals surface area (Å²) in [5.41, 5.74) is 0. The summed E-state index contributed by atoms with van der Waals surface area (Å²) in [5, 5.41) is 3.82. The maximum atomic E-state index is 2.39. The van der Waals surface area contributed by atoms with Gasteiger partial charge in [0.15, 0.2) is 0 Å². The van der Waals surface area contributed by atoms with Gasteiger partial charge in [0.2, 0.25) is 0 Å². The topological polar surface area (TPSA) is 0 Å². The predicted octanol–water partition coefficient (Wildman–Crippen LogP) is 2.60. The quantitative estimate of drug-likeness (QED) is 0.568. The van der Waals surface area contributed by atoms with Gasteiger partial charge in [0.05, 0.1) is 8.07 Å². The Morgan fingerprint density at radius 2 is 1.90 bits per heavy atom. The second kappa shape index (κ2) is 2.51. The van der Waals surface area contributed by atoms with E-state index < -0.39 is 8.07 Å². The zero-order valence-corrected chi connectivity index (χ0v) is 8.88. The van der Waals surface area contributed by atoms with Crippen LogP contribution < -0.4 is 5.19 Å². The van der Waals surface area contributed by atoms with Crippen molar-refractivity contribution in [2.75, 3.05) is 0 Å². The summed E-state index contributed by atoms with van der Waals surface area (Å²) in [6.07, 6.45) is 0. The molecule has 1 aromatic heterocycles. The molecule has 56 valence electrons. The second-order valence-electron chi connectivity index (χ2n) is 3.64. The molecule has 10 heavy (non-hydrogen) atoms. The number of rotatable bonds is 1. The van der Waals surface area contributed by atoms with E-state index in [0.29, 0.717) is 0 Å². The molecule has 1 aromatic rings. The second-order valence-corrected chi connectivity index (χ2v) is 9.80. The van der Waals surface area contributed by atoms with Crippen LogP contribution in [0.2, 0.25) is 19.6 Å². The van der Waals surface area contributed by atoms with Crippen LogP contribution in [0.3, 0.4) is 0 Å². The first-order valence-corrected chi connectivity index (χ1v) is 7.94. The van der Waals surface area contributed by atoms with Gasteiger partial charge in [0.1, 0.15) is 0 Å². The Bertz CT molecular complexity index is 219. The van der Waals surface area contributed by atoms with Crippen molar-refractivity contribution >= 4 is 24.6 Å². The average molecular weight is 170 g/mol. The van der Waals surface area contributed by atoms with Crippen molar-refractivity contribution in [2.24, 2.45) is 0 Å². The molecular weight excluding hydrogens is 156 g/mol. The Morgan fingerprint density at radius 1 is 1.30 bits per heavy atom. The van der Waals surface area contributed by atoms with Crippen LogP contribution in [0.15, 0.2) is 11.4 Å². The molecule has 0 aromatic carbocycles. The molecule has 0 bridgehead atoms. The lowest BCUT2D eigenvalue weighted by atomic mass is 10.5. The van der Waals surface area contributed by atoms with Crippen LogP contribution >= 0.6 is 11.3 Å². The molecule has 0 atom stereocenters. The first-order chi connectivity index (χ1) is 4.52. The fourth-order valence-corrected chi connectivity index (χ4v) is 4.62. The molecule has 0 unspecified atom stereocenters. The predicted molar refractivity (Wildman–Crippen MR) is 52.0 cm³/mol. The standard InChI is InChI=1S/C8H14SSi/c1-7-8(5-6-9-7)10(2,3)4/h5-6H,1-4H3. The highest BCUT2D eigenvalue weighted by Crippen LogP contribution is 2.11. The summed E-state index contributed by atoms with van der Waals surface area (Å²) in [6, 6.07) is 2.28. The first-order valence-electron chi connectivity index (χ1n) is 3.56. The zero-order chi connectivity index (χ0) is 7.78. The highest BCUT2D eigenvalue weighted by molar-refractivity contribution is 7.12. The number of hydrogen-bond acceptors (Lipinski definition) is 1. The van der Waals surface area contributed by atoms with Gasteiger partial charge < -0.3 is 0 Å². The maximum Gasteiger partial charge on any atom is 0.0790 e. The van der Waals surface area contributed by atoms with Crippen molar-refractivity contribution in [3.63, 3.8) is 0 Å². The van der Waals surface area contributed by atoms with Gasteiger partial charge >= 0.3 is 0 Å². The minimum Gasteiger partial charge on any atom is -0.149 e. The number of aryl methyl sites for hydroxylation is 1. The Labute approximate surface area is 67.9 Å². The molecule has 2 heteroatoms. The molecule has 0 amide bonds. The highest BCUT2D eigenvalue weighted by atomic mass is 32.1. The van der Waals surface area contributed by atoms with Gasteiger partial charge in [-0.2, -0.15) is 0 Å². The Kier molecular flexibility index (Phi) is 2.01. The summed E-state index contributed by atoms with van der Waals surface area (Å²) in [6.45, 7) is 9.39. The Hall–Kier alpha value is -0.0831. The summed E-state index contributed by atoms with van der Waals surface area (Å²) in [4.78, 5) is 1.51. The van der Waals surface area contributed by atoms with Crippen molar-refractivity contribution in [1.29, 1.82) is 0 Å². The van der Waals surface area contributed by atoms with Crippen LogP contribution in [0.25, 0.3) is 0 Å². The van der Waals surface area contributed by atoms with Crippen molar-refractivity contribution in [1.82, 2.24) is 0 Å². The van der Waals surface area contributed by atoms with E-state index in [-0.39, 0.29) is 0 Å². The van der Waals surface area contributed by atoms with E-state index in [1.807, 2.05) is 11.3 Å². The van der Waals surface area contributed by atoms with E-state index in [9.17, 15) is 0 Å². The molecule has 1 rings (SSSR count). The molecule has 0 N–H and O–H groups in total. The van der Waals surface area contributed by atoms with Gasteiger partial charge in [-0.05, 0) is 17.5 Å². The van der Waals surface area contributed by atoms with Gasteiger partial charge in [-0.1, -0.05) is 25.7 Å². The van der Waals surface area contributed by atoms with Crippen molar-refractivity contribution in [3.05, 3.63) is 16.3 Å². The fraction of sp³-hybridized carbons (Fsp3) is 0.500. The molecular formula is C8H14SSi. The average Bonchev–Trinajstić information content (AvgIpc) is 2.11. The Balaban J connectivity index is 3.05. The maximum absolute atomic E-state index is 2.39. The summed E-state index contributed by atoms with van der Waals surface area (Å²) in [7, 11) is -1.02. The smallest absolute Gasteiger partial charge is 0.0790 e. The van der Waals surface area contributed by atoms with Crippen molar-refractivity contribution in [3.8, 4) is 0 Å². The van der Waals surface area contributed by atoms with Gasteiger partial charge in [0, 0.05) is 4.88 Å². The minimum atomic E-state index is -1.02. The lowest BCUT2D eigenvalue weighted by molar-refractivity contribution is 1.63. The normalized spacial score (nSPS) is 12.0. The summed E-state index contributed by atoms with van der Waals surface area (Å²) in [5.74, 6) is 0. The van der Waals surface area contributed by atoms with Crippen LogP contribution in [0.5, 0.6) is 0 Å². The molecule has 0 aliphatic heterocycles. The summed E-state index contributed by atoms with van der Waals surface area (Å²) >= 11 is 1.87. The van der Waals surface area contributed by atoms with Crippen molar-refractivity contribution < 1.29 is 0 Å². The van der Waals surface area contributed by atoms with Crippen LogP contribution in [-0.4, -0.2) is 8.07 Å². The molecule has 0 radical (unpaired) electrons. The van der Waals surface area contributed by atoms with Gasteiger partial charge in [-0.15, -0.1) is 11.3 Å². The highest BCUT2D eigenvalue weighted by Gasteiger charge is 2.18. The lowest BCUT2D eigenvalue weighted by Gasteiger charge is -2.15. The molecule has 0 nitrogen and oxygen atoms in total. The molecule has 0 spiro atoms. The van der Waals surface area contributed by atoms with Gasteiger partial charge in [-0.3, -0.25) is 0 Å². The third kappa shape index (κ3) is 1.50. The fourth-order valence-electron chi connectivity index (χ4n) is 1.16. The number of thiophene rings is 1. The van der Waals surface area contributed by atoms with E-state index in [1.54, 1.807) is 5.19 Å². The van der Waals surface area contributed by atoms with E-state index in [2.05, 4.69) is 38.0 Å². The largest absolute Gasteiger partial charge is 0.149 e. The van der Waals surface area contributed by atoms with E-state index in [4.69, 9.17) is 0 Å². The van der Waals surface area contributed by atoms with Crippen LogP contribution in [0.1, 0.15) is 4.88 Å². The van der Waals surface area contributed by atoms with E-state index >= 15 is 0 Å². The molecule has 0 saturated heterocycles. The molecule has 0 saturated carbocycles. The van der Waals surface area contributed by atoms with Crippen LogP contribution in [0.4, 0.5) is 0 Å². The molecule has 0 fully saturated rings. The van der Waals surface area contributed by atoms with Gasteiger partial charge in [-0.25, -0.2) is 0 Å². The monoisotopic (exact) mass is 170 g/mol. The van der Waals surface area contributed by atoms with Crippen LogP contribution in [0, 0.1) is 6.92 Å². The van der Waals surface area contributed by atoms with Crippen molar-refractivity contribution in [2.45, 2.75) is 26.6 Å². The molecule has 0 aliphatic rings.